The van der Waals surface area contributed by atoms with Crippen molar-refractivity contribution >= 4 is 5.52 Å². The summed E-state index contributed by atoms with van der Waals surface area (Å²) < 4.78 is 6.51. The molecule has 3 rings (SSSR count). The van der Waals surface area contributed by atoms with Crippen LogP contribution in [0, 0.1) is 0 Å². The van der Waals surface area contributed by atoms with Crippen molar-refractivity contribution in [2.75, 3.05) is 0 Å². The highest BCUT2D eigenvalue weighted by Crippen LogP contribution is 2.09. The molecular weight excluding hydrogens is 218 g/mol. The lowest BCUT2D eigenvalue weighted by atomic mass is 10.2. The van der Waals surface area contributed by atoms with Gasteiger partial charge in [0, 0.05) is 18.3 Å². The summed E-state index contributed by atoms with van der Waals surface area (Å²) in [6.07, 6.45) is 5.11. The van der Waals surface area contributed by atoms with Gasteiger partial charge in [0.05, 0.1) is 18.3 Å². The summed E-state index contributed by atoms with van der Waals surface area (Å²) in [6.45, 7) is 1.31. The lowest BCUT2D eigenvalue weighted by Crippen LogP contribution is -2.13. The van der Waals surface area contributed by atoms with E-state index in [9.17, 15) is 0 Å². The molecule has 0 aliphatic heterocycles. The summed E-state index contributed by atoms with van der Waals surface area (Å²) in [4.78, 5) is 3.94. The molecule has 3 heterocycles. The minimum Gasteiger partial charge on any atom is -0.343 e. The number of nitrogens with zero attached hydrogens (tertiary/aromatic N) is 4. The Kier molecular flexibility index (Phi) is 2.55. The van der Waals surface area contributed by atoms with Crippen LogP contribution < -0.4 is 5.32 Å². The van der Waals surface area contributed by atoms with Crippen molar-refractivity contribution in [1.29, 1.82) is 0 Å². The summed E-state index contributed by atoms with van der Waals surface area (Å²) in [5.41, 5.74) is 2.25. The Bertz CT molecular complexity index is 601. The number of pyridine rings is 1. The fourth-order valence-electron chi connectivity index (χ4n) is 1.70. The van der Waals surface area contributed by atoms with Gasteiger partial charge in [0.1, 0.15) is 0 Å². The predicted octanol–water partition coefficient (Wildman–Crippen LogP) is 1.01. The van der Waals surface area contributed by atoms with Gasteiger partial charge in [-0.3, -0.25) is 0 Å². The van der Waals surface area contributed by atoms with Crippen LogP contribution in [0.2, 0.25) is 0 Å². The van der Waals surface area contributed by atoms with E-state index < -0.39 is 0 Å². The molecule has 86 valence electrons. The third kappa shape index (κ3) is 2.02. The Morgan fingerprint density at radius 2 is 2.29 bits per heavy atom. The normalized spacial score (nSPS) is 11.1. The van der Waals surface area contributed by atoms with Gasteiger partial charge in [-0.05, 0) is 12.1 Å². The first-order valence-electron chi connectivity index (χ1n) is 5.31. The largest absolute Gasteiger partial charge is 0.343 e. The number of rotatable bonds is 4. The van der Waals surface area contributed by atoms with Crippen molar-refractivity contribution in [3.8, 4) is 0 Å². The number of hydrogen-bond acceptors (Lipinski definition) is 5. The molecule has 3 aromatic heterocycles. The topological polar surface area (TPSA) is 68.2 Å². The minimum absolute atomic E-state index is 0.584. The lowest BCUT2D eigenvalue weighted by Gasteiger charge is -2.00. The SMILES string of the molecule is c1ccn2ncc(CNCc3ncon3)c2c1. The summed E-state index contributed by atoms with van der Waals surface area (Å²) in [7, 11) is 0. The van der Waals surface area contributed by atoms with E-state index in [0.717, 1.165) is 17.6 Å². The maximum Gasteiger partial charge on any atom is 0.213 e. The minimum atomic E-state index is 0.584. The van der Waals surface area contributed by atoms with Crippen molar-refractivity contribution in [3.63, 3.8) is 0 Å². The molecule has 0 radical (unpaired) electrons. The van der Waals surface area contributed by atoms with Gasteiger partial charge in [0.2, 0.25) is 6.39 Å². The molecular formula is C11H11N5O. The van der Waals surface area contributed by atoms with Crippen molar-refractivity contribution in [3.05, 3.63) is 48.4 Å². The number of nitrogens with one attached hydrogen (secondary N) is 1. The van der Waals surface area contributed by atoms with Crippen LogP contribution in [0.1, 0.15) is 11.4 Å². The number of fused-ring (bicyclic) bond motifs is 1. The van der Waals surface area contributed by atoms with Crippen LogP contribution in [-0.4, -0.2) is 19.8 Å². The quantitative estimate of drug-likeness (QED) is 0.723. The fraction of sp³-hybridized carbons (Fsp3) is 0.182. The molecule has 6 heteroatoms. The first kappa shape index (κ1) is 9.98. The van der Waals surface area contributed by atoms with E-state index >= 15 is 0 Å². The molecule has 0 bridgehead atoms. The first-order chi connectivity index (χ1) is 8.43. The van der Waals surface area contributed by atoms with Crippen LogP contribution in [0.25, 0.3) is 5.52 Å². The van der Waals surface area contributed by atoms with Gasteiger partial charge in [-0.1, -0.05) is 11.2 Å². The molecule has 1 N–H and O–H groups in total. The second kappa shape index (κ2) is 4.34. The molecule has 17 heavy (non-hydrogen) atoms. The molecule has 0 saturated heterocycles. The Morgan fingerprint density at radius 3 is 3.18 bits per heavy atom. The number of aromatic nitrogens is 4. The van der Waals surface area contributed by atoms with Gasteiger partial charge >= 0.3 is 0 Å². The van der Waals surface area contributed by atoms with Gasteiger partial charge in [0.15, 0.2) is 5.82 Å². The van der Waals surface area contributed by atoms with Crippen molar-refractivity contribution in [2.45, 2.75) is 13.1 Å². The second-order valence-corrected chi connectivity index (χ2v) is 3.65. The van der Waals surface area contributed by atoms with Gasteiger partial charge in [-0.2, -0.15) is 10.1 Å². The Balaban J connectivity index is 1.69. The van der Waals surface area contributed by atoms with Gasteiger partial charge in [-0.25, -0.2) is 4.52 Å². The van der Waals surface area contributed by atoms with Crippen molar-refractivity contribution < 1.29 is 4.52 Å². The van der Waals surface area contributed by atoms with Crippen molar-refractivity contribution in [1.82, 2.24) is 25.1 Å². The first-order valence-corrected chi connectivity index (χ1v) is 5.31. The predicted molar refractivity (Wildman–Crippen MR) is 60.0 cm³/mol. The van der Waals surface area contributed by atoms with E-state index in [1.807, 2.05) is 35.1 Å². The monoisotopic (exact) mass is 229 g/mol. The summed E-state index contributed by atoms with van der Waals surface area (Å²) in [6, 6.07) is 5.99. The van der Waals surface area contributed by atoms with Gasteiger partial charge in [-0.15, -0.1) is 0 Å². The molecule has 0 fully saturated rings. The molecule has 3 aromatic rings. The average molecular weight is 229 g/mol. The maximum absolute atomic E-state index is 4.65. The molecule has 0 aliphatic carbocycles. The lowest BCUT2D eigenvalue weighted by molar-refractivity contribution is 0.407. The van der Waals surface area contributed by atoms with E-state index in [0.29, 0.717) is 12.4 Å². The fourth-order valence-corrected chi connectivity index (χ4v) is 1.70. The highest BCUT2D eigenvalue weighted by Gasteiger charge is 2.03. The molecule has 0 spiro atoms. The van der Waals surface area contributed by atoms with Gasteiger partial charge in [0.25, 0.3) is 0 Å². The third-order valence-corrected chi connectivity index (χ3v) is 2.51. The van der Waals surface area contributed by atoms with Crippen LogP contribution >= 0.6 is 0 Å². The smallest absolute Gasteiger partial charge is 0.213 e. The second-order valence-electron chi connectivity index (χ2n) is 3.65. The Labute approximate surface area is 97.3 Å². The van der Waals surface area contributed by atoms with Crippen LogP contribution in [0.3, 0.4) is 0 Å². The summed E-state index contributed by atoms with van der Waals surface area (Å²) >= 11 is 0. The molecule has 0 unspecified atom stereocenters. The van der Waals surface area contributed by atoms with Crippen LogP contribution in [0.4, 0.5) is 0 Å². The standard InChI is InChI=1S/C11H11N5O/c1-2-4-16-10(3-1)9(6-14-16)5-12-7-11-13-8-17-15-11/h1-4,6,8,12H,5,7H2. The van der Waals surface area contributed by atoms with Crippen LogP contribution in [0.15, 0.2) is 41.5 Å². The van der Waals surface area contributed by atoms with Crippen molar-refractivity contribution in [2.24, 2.45) is 0 Å². The zero-order chi connectivity index (χ0) is 11.5. The number of hydrogen-bond donors (Lipinski definition) is 1. The van der Waals surface area contributed by atoms with Gasteiger partial charge < -0.3 is 9.84 Å². The van der Waals surface area contributed by atoms with Crippen LogP contribution in [0.5, 0.6) is 0 Å². The Morgan fingerprint density at radius 1 is 1.29 bits per heavy atom. The summed E-state index contributed by atoms with van der Waals surface area (Å²) in [5.74, 6) is 0.654. The van der Waals surface area contributed by atoms with E-state index in [2.05, 4.69) is 25.1 Å². The summed E-state index contributed by atoms with van der Waals surface area (Å²) in [5, 5.41) is 11.2. The van der Waals surface area contributed by atoms with E-state index in [1.54, 1.807) is 0 Å². The van der Waals surface area contributed by atoms with E-state index in [4.69, 9.17) is 0 Å². The molecule has 0 aliphatic rings. The maximum atomic E-state index is 4.65. The van der Waals surface area contributed by atoms with E-state index in [-0.39, 0.29) is 0 Å². The molecule has 6 nitrogen and oxygen atoms in total. The van der Waals surface area contributed by atoms with Crippen LogP contribution in [-0.2, 0) is 13.1 Å². The van der Waals surface area contributed by atoms with E-state index in [1.165, 1.54) is 6.39 Å². The molecule has 0 amide bonds. The Hall–Kier alpha value is -2.21. The highest BCUT2D eigenvalue weighted by molar-refractivity contribution is 5.53. The molecule has 0 atom stereocenters. The zero-order valence-corrected chi connectivity index (χ0v) is 9.08. The average Bonchev–Trinajstić information content (AvgIpc) is 2.99. The third-order valence-electron chi connectivity index (χ3n) is 2.51. The highest BCUT2D eigenvalue weighted by atomic mass is 16.5. The molecule has 0 aromatic carbocycles. The zero-order valence-electron chi connectivity index (χ0n) is 9.08. The molecule has 0 saturated carbocycles.